The average Bonchev–Trinajstić information content (AvgIpc) is 2.44. The number of amides is 2. The minimum Gasteiger partial charge on any atom is -0.399 e. The van der Waals surface area contributed by atoms with E-state index in [-0.39, 0.29) is 11.8 Å². The molecule has 0 fully saturated rings. The third-order valence-electron chi connectivity index (χ3n) is 2.94. The number of carbonyl (C=O) groups is 2. The molecule has 0 saturated carbocycles. The van der Waals surface area contributed by atoms with Gasteiger partial charge >= 0.3 is 0 Å². The highest BCUT2D eigenvalue weighted by Crippen LogP contribution is 2.20. The van der Waals surface area contributed by atoms with Gasteiger partial charge in [-0.1, -0.05) is 6.92 Å². The third-order valence-corrected chi connectivity index (χ3v) is 2.94. The SMILES string of the molecule is CCCNC(=O)C(C)Nc1cc(N)ccc1C(=O)NCC. The molecule has 0 aromatic heterocycles. The van der Waals surface area contributed by atoms with Crippen molar-refractivity contribution >= 4 is 23.2 Å². The highest BCUT2D eigenvalue weighted by atomic mass is 16.2. The number of nitrogen functional groups attached to an aromatic ring is 1. The summed E-state index contributed by atoms with van der Waals surface area (Å²) in [5.74, 6) is -0.303. The van der Waals surface area contributed by atoms with E-state index in [0.29, 0.717) is 30.0 Å². The van der Waals surface area contributed by atoms with Gasteiger partial charge in [-0.05, 0) is 38.5 Å². The Morgan fingerprint density at radius 3 is 2.57 bits per heavy atom. The quantitative estimate of drug-likeness (QED) is 0.570. The van der Waals surface area contributed by atoms with E-state index in [1.54, 1.807) is 25.1 Å². The summed E-state index contributed by atoms with van der Waals surface area (Å²) in [7, 11) is 0. The lowest BCUT2D eigenvalue weighted by atomic mass is 10.1. The molecule has 21 heavy (non-hydrogen) atoms. The summed E-state index contributed by atoms with van der Waals surface area (Å²) < 4.78 is 0. The van der Waals surface area contributed by atoms with Gasteiger partial charge in [0.15, 0.2) is 0 Å². The molecule has 5 N–H and O–H groups in total. The van der Waals surface area contributed by atoms with Crippen LogP contribution in [-0.4, -0.2) is 30.9 Å². The predicted octanol–water partition coefficient (Wildman–Crippen LogP) is 1.35. The van der Waals surface area contributed by atoms with Crippen molar-refractivity contribution in [2.24, 2.45) is 0 Å². The number of anilines is 2. The largest absolute Gasteiger partial charge is 0.399 e. The molecule has 0 heterocycles. The van der Waals surface area contributed by atoms with Crippen LogP contribution in [-0.2, 0) is 4.79 Å². The summed E-state index contributed by atoms with van der Waals surface area (Å²) in [6.45, 7) is 6.75. The minimum atomic E-state index is -0.452. The van der Waals surface area contributed by atoms with Gasteiger partial charge in [0.25, 0.3) is 5.91 Å². The van der Waals surface area contributed by atoms with Crippen molar-refractivity contribution in [2.45, 2.75) is 33.2 Å². The highest BCUT2D eigenvalue weighted by molar-refractivity contribution is 6.01. The summed E-state index contributed by atoms with van der Waals surface area (Å²) in [6, 6.07) is 4.52. The molecule has 1 atom stereocenters. The van der Waals surface area contributed by atoms with Crippen molar-refractivity contribution < 1.29 is 9.59 Å². The Labute approximate surface area is 125 Å². The van der Waals surface area contributed by atoms with Crippen LogP contribution in [0.15, 0.2) is 18.2 Å². The van der Waals surface area contributed by atoms with Gasteiger partial charge in [0.2, 0.25) is 5.91 Å². The number of hydrogen-bond acceptors (Lipinski definition) is 4. The van der Waals surface area contributed by atoms with Crippen LogP contribution in [0.1, 0.15) is 37.6 Å². The van der Waals surface area contributed by atoms with Crippen molar-refractivity contribution in [3.63, 3.8) is 0 Å². The van der Waals surface area contributed by atoms with Crippen molar-refractivity contribution in [3.05, 3.63) is 23.8 Å². The van der Waals surface area contributed by atoms with Crippen LogP contribution in [0.5, 0.6) is 0 Å². The summed E-state index contributed by atoms with van der Waals surface area (Å²) in [6.07, 6.45) is 0.876. The van der Waals surface area contributed by atoms with Crippen LogP contribution < -0.4 is 21.7 Å². The number of hydrogen-bond donors (Lipinski definition) is 4. The molecule has 116 valence electrons. The normalized spacial score (nSPS) is 11.6. The predicted molar refractivity (Wildman–Crippen MR) is 85.2 cm³/mol. The molecule has 1 rings (SSSR count). The molecule has 1 aromatic rings. The van der Waals surface area contributed by atoms with Gasteiger partial charge < -0.3 is 21.7 Å². The fourth-order valence-corrected chi connectivity index (χ4v) is 1.84. The summed E-state index contributed by atoms with van der Waals surface area (Å²) in [5, 5.41) is 8.59. The van der Waals surface area contributed by atoms with Gasteiger partial charge in [-0.3, -0.25) is 9.59 Å². The van der Waals surface area contributed by atoms with Crippen molar-refractivity contribution in [1.29, 1.82) is 0 Å². The maximum Gasteiger partial charge on any atom is 0.253 e. The van der Waals surface area contributed by atoms with E-state index >= 15 is 0 Å². The van der Waals surface area contributed by atoms with Crippen molar-refractivity contribution in [3.8, 4) is 0 Å². The Balaban J connectivity index is 2.88. The van der Waals surface area contributed by atoms with Crippen molar-refractivity contribution in [1.82, 2.24) is 10.6 Å². The minimum absolute atomic E-state index is 0.110. The fraction of sp³-hybridized carbons (Fsp3) is 0.467. The van der Waals surface area contributed by atoms with Crippen LogP contribution in [0.2, 0.25) is 0 Å². The second-order valence-corrected chi connectivity index (χ2v) is 4.82. The van der Waals surface area contributed by atoms with Gasteiger partial charge in [0.05, 0.1) is 5.56 Å². The molecule has 6 heteroatoms. The Morgan fingerprint density at radius 2 is 1.95 bits per heavy atom. The molecule has 1 aromatic carbocycles. The first kappa shape index (κ1) is 16.8. The molecule has 0 aliphatic rings. The number of rotatable bonds is 7. The second-order valence-electron chi connectivity index (χ2n) is 4.82. The van der Waals surface area contributed by atoms with E-state index in [2.05, 4.69) is 16.0 Å². The zero-order valence-corrected chi connectivity index (χ0v) is 12.8. The number of carbonyl (C=O) groups excluding carboxylic acids is 2. The number of benzene rings is 1. The third kappa shape index (κ3) is 4.98. The molecule has 0 bridgehead atoms. The molecular formula is C15H24N4O2. The average molecular weight is 292 g/mol. The topological polar surface area (TPSA) is 96.2 Å². The molecule has 0 aliphatic carbocycles. The van der Waals surface area contributed by atoms with E-state index in [4.69, 9.17) is 5.73 Å². The lowest BCUT2D eigenvalue weighted by Gasteiger charge is -2.18. The van der Waals surface area contributed by atoms with Crippen LogP contribution in [0, 0.1) is 0 Å². The Hall–Kier alpha value is -2.24. The Morgan fingerprint density at radius 1 is 1.24 bits per heavy atom. The van der Waals surface area contributed by atoms with Crippen LogP contribution >= 0.6 is 0 Å². The standard InChI is InChI=1S/C15H24N4O2/c1-4-8-18-14(20)10(3)19-13-9-11(16)6-7-12(13)15(21)17-5-2/h6-7,9-10,19H,4-5,8,16H2,1-3H3,(H,17,21)(H,18,20). The monoisotopic (exact) mass is 292 g/mol. The second kappa shape index (κ2) is 8.14. The van der Waals surface area contributed by atoms with E-state index in [1.807, 2.05) is 13.8 Å². The van der Waals surface area contributed by atoms with Gasteiger partial charge in [0.1, 0.15) is 6.04 Å². The lowest BCUT2D eigenvalue weighted by Crippen LogP contribution is -2.38. The zero-order valence-electron chi connectivity index (χ0n) is 12.8. The molecule has 0 aliphatic heterocycles. The smallest absolute Gasteiger partial charge is 0.253 e. The summed E-state index contributed by atoms with van der Waals surface area (Å²) in [4.78, 5) is 23.9. The molecule has 0 saturated heterocycles. The summed E-state index contributed by atoms with van der Waals surface area (Å²) >= 11 is 0. The molecular weight excluding hydrogens is 268 g/mol. The van der Waals surface area contributed by atoms with Gasteiger partial charge in [-0.25, -0.2) is 0 Å². The fourth-order valence-electron chi connectivity index (χ4n) is 1.84. The maximum absolute atomic E-state index is 12.0. The maximum atomic E-state index is 12.0. The molecule has 0 radical (unpaired) electrons. The molecule has 0 spiro atoms. The zero-order chi connectivity index (χ0) is 15.8. The van der Waals surface area contributed by atoms with E-state index in [0.717, 1.165) is 6.42 Å². The van der Waals surface area contributed by atoms with E-state index in [1.165, 1.54) is 0 Å². The Kier molecular flexibility index (Phi) is 6.52. The lowest BCUT2D eigenvalue weighted by molar-refractivity contribution is -0.121. The van der Waals surface area contributed by atoms with E-state index < -0.39 is 6.04 Å². The van der Waals surface area contributed by atoms with Crippen LogP contribution in [0.3, 0.4) is 0 Å². The first-order chi connectivity index (χ1) is 9.99. The Bertz CT molecular complexity index is 502. The van der Waals surface area contributed by atoms with Gasteiger partial charge in [0, 0.05) is 24.5 Å². The van der Waals surface area contributed by atoms with Crippen LogP contribution in [0.25, 0.3) is 0 Å². The highest BCUT2D eigenvalue weighted by Gasteiger charge is 2.16. The van der Waals surface area contributed by atoms with Gasteiger partial charge in [-0.15, -0.1) is 0 Å². The van der Waals surface area contributed by atoms with Gasteiger partial charge in [-0.2, -0.15) is 0 Å². The summed E-state index contributed by atoms with van der Waals surface area (Å²) in [5.41, 5.74) is 7.32. The molecule has 6 nitrogen and oxygen atoms in total. The van der Waals surface area contributed by atoms with Crippen molar-refractivity contribution in [2.75, 3.05) is 24.1 Å². The molecule has 1 unspecified atom stereocenters. The first-order valence-corrected chi connectivity index (χ1v) is 7.21. The number of nitrogens with one attached hydrogen (secondary N) is 3. The molecule has 2 amide bonds. The first-order valence-electron chi connectivity index (χ1n) is 7.21. The van der Waals surface area contributed by atoms with Crippen LogP contribution in [0.4, 0.5) is 11.4 Å². The van der Waals surface area contributed by atoms with E-state index in [9.17, 15) is 9.59 Å². The number of nitrogens with two attached hydrogens (primary N) is 1.